The summed E-state index contributed by atoms with van der Waals surface area (Å²) in [7, 11) is 0. The molecule has 1 saturated carbocycles. The Kier molecular flexibility index (Phi) is 9.99. The number of hydrogen-bond donors (Lipinski definition) is 2. The molecule has 1 aliphatic rings. The van der Waals surface area contributed by atoms with Crippen molar-refractivity contribution >= 4 is 11.8 Å². The highest BCUT2D eigenvalue weighted by Crippen LogP contribution is 2.30. The highest BCUT2D eigenvalue weighted by Gasteiger charge is 2.30. The average Bonchev–Trinajstić information content (AvgIpc) is 2.58. The molecule has 1 atom stereocenters. The molecule has 2 N–H and O–H groups in total. The van der Waals surface area contributed by atoms with Gasteiger partial charge in [0.2, 0.25) is 11.8 Å². The molecule has 0 aromatic rings. The maximum atomic E-state index is 12.5. The lowest BCUT2D eigenvalue weighted by atomic mass is 9.80. The van der Waals surface area contributed by atoms with E-state index in [4.69, 9.17) is 4.74 Å². The van der Waals surface area contributed by atoms with E-state index in [1.807, 2.05) is 20.8 Å². The van der Waals surface area contributed by atoms with Gasteiger partial charge >= 0.3 is 0 Å². The van der Waals surface area contributed by atoms with E-state index in [1.54, 1.807) is 0 Å². The summed E-state index contributed by atoms with van der Waals surface area (Å²) in [5.74, 6) is 0.876. The van der Waals surface area contributed by atoms with Crippen LogP contribution in [0.5, 0.6) is 0 Å². The first-order chi connectivity index (χ1) is 11.5. The van der Waals surface area contributed by atoms with E-state index in [-0.39, 0.29) is 23.7 Å². The fourth-order valence-corrected chi connectivity index (χ4v) is 3.28. The van der Waals surface area contributed by atoms with Crippen LogP contribution in [0.2, 0.25) is 0 Å². The summed E-state index contributed by atoms with van der Waals surface area (Å²) in [6.07, 6.45) is 6.15. The summed E-state index contributed by atoms with van der Waals surface area (Å²) >= 11 is 0. The van der Waals surface area contributed by atoms with Crippen LogP contribution in [0, 0.1) is 17.8 Å². The molecule has 5 heteroatoms. The Labute approximate surface area is 147 Å². The first-order valence-corrected chi connectivity index (χ1v) is 9.65. The first-order valence-electron chi connectivity index (χ1n) is 9.65. The van der Waals surface area contributed by atoms with Crippen molar-refractivity contribution in [2.24, 2.45) is 17.8 Å². The molecule has 0 heterocycles. The van der Waals surface area contributed by atoms with Gasteiger partial charge in [-0.15, -0.1) is 0 Å². The second-order valence-electron chi connectivity index (χ2n) is 7.20. The highest BCUT2D eigenvalue weighted by molar-refractivity contribution is 5.88. The van der Waals surface area contributed by atoms with E-state index in [0.717, 1.165) is 38.0 Å². The second-order valence-corrected chi connectivity index (χ2v) is 7.20. The van der Waals surface area contributed by atoms with Crippen LogP contribution in [-0.4, -0.2) is 37.6 Å². The first kappa shape index (κ1) is 20.9. The number of ether oxygens (including phenoxy) is 1. The van der Waals surface area contributed by atoms with Gasteiger partial charge < -0.3 is 15.4 Å². The zero-order valence-electron chi connectivity index (χ0n) is 15.9. The van der Waals surface area contributed by atoms with Crippen molar-refractivity contribution in [1.82, 2.24) is 10.6 Å². The van der Waals surface area contributed by atoms with Gasteiger partial charge in [0.1, 0.15) is 6.04 Å². The molecule has 140 valence electrons. The standard InChI is InChI=1S/C19H36N2O3/c1-5-15-8-10-16(11-9-15)18(22)21-17(14(3)4)19(23)20-12-7-13-24-6-2/h14-17H,5-13H2,1-4H3,(H,20,23)(H,21,22)/t15?,16?,17-/m1/s1. The molecule has 5 nitrogen and oxygen atoms in total. The minimum Gasteiger partial charge on any atom is -0.382 e. The summed E-state index contributed by atoms with van der Waals surface area (Å²) in [6, 6.07) is -0.450. The number of nitrogens with one attached hydrogen (secondary N) is 2. The Morgan fingerprint density at radius 2 is 1.79 bits per heavy atom. The van der Waals surface area contributed by atoms with Crippen molar-refractivity contribution < 1.29 is 14.3 Å². The van der Waals surface area contributed by atoms with Crippen LogP contribution in [0.25, 0.3) is 0 Å². The Hall–Kier alpha value is -1.10. The third kappa shape index (κ3) is 7.20. The lowest BCUT2D eigenvalue weighted by Crippen LogP contribution is -2.51. The molecule has 24 heavy (non-hydrogen) atoms. The van der Waals surface area contributed by atoms with Gasteiger partial charge in [-0.25, -0.2) is 0 Å². The van der Waals surface area contributed by atoms with Crippen molar-refractivity contribution in [3.05, 3.63) is 0 Å². The van der Waals surface area contributed by atoms with Crippen LogP contribution >= 0.6 is 0 Å². The van der Waals surface area contributed by atoms with E-state index in [1.165, 1.54) is 6.42 Å². The summed E-state index contributed by atoms with van der Waals surface area (Å²) in [5.41, 5.74) is 0. The lowest BCUT2D eigenvalue weighted by molar-refractivity contribution is -0.132. The Balaban J connectivity index is 2.41. The smallest absolute Gasteiger partial charge is 0.242 e. The molecule has 0 aromatic heterocycles. The molecule has 0 bridgehead atoms. The van der Waals surface area contributed by atoms with Gasteiger partial charge in [0, 0.05) is 25.7 Å². The number of hydrogen-bond acceptors (Lipinski definition) is 3. The highest BCUT2D eigenvalue weighted by atomic mass is 16.5. The molecule has 0 unspecified atom stereocenters. The fraction of sp³-hybridized carbons (Fsp3) is 0.895. The maximum Gasteiger partial charge on any atom is 0.242 e. The monoisotopic (exact) mass is 340 g/mol. The molecule has 1 aliphatic carbocycles. The van der Waals surface area contributed by atoms with E-state index in [0.29, 0.717) is 19.8 Å². The summed E-state index contributed by atoms with van der Waals surface area (Å²) in [6.45, 7) is 10.0. The minimum atomic E-state index is -0.450. The van der Waals surface area contributed by atoms with Crippen molar-refractivity contribution in [2.75, 3.05) is 19.8 Å². The predicted molar refractivity (Wildman–Crippen MR) is 96.6 cm³/mol. The molecule has 0 radical (unpaired) electrons. The van der Waals surface area contributed by atoms with Gasteiger partial charge in [0.05, 0.1) is 0 Å². The Morgan fingerprint density at radius 1 is 1.12 bits per heavy atom. The Bertz CT molecular complexity index is 377. The molecule has 0 spiro atoms. The van der Waals surface area contributed by atoms with Crippen molar-refractivity contribution in [3.63, 3.8) is 0 Å². The van der Waals surface area contributed by atoms with Gasteiger partial charge in [-0.2, -0.15) is 0 Å². The summed E-state index contributed by atoms with van der Waals surface area (Å²) in [5, 5.41) is 5.90. The Morgan fingerprint density at radius 3 is 2.33 bits per heavy atom. The fourth-order valence-electron chi connectivity index (χ4n) is 3.28. The predicted octanol–water partition coefficient (Wildman–Crippen LogP) is 2.89. The normalized spacial score (nSPS) is 22.2. The quantitative estimate of drug-likeness (QED) is 0.601. The average molecular weight is 341 g/mol. The van der Waals surface area contributed by atoms with E-state index in [9.17, 15) is 9.59 Å². The SMILES string of the molecule is CCOCCCNC(=O)[C@H](NC(=O)C1CCC(CC)CC1)C(C)C. The zero-order valence-corrected chi connectivity index (χ0v) is 15.9. The van der Waals surface area contributed by atoms with Gasteiger partial charge in [-0.3, -0.25) is 9.59 Å². The topological polar surface area (TPSA) is 67.4 Å². The van der Waals surface area contributed by atoms with Crippen LogP contribution in [0.15, 0.2) is 0 Å². The summed E-state index contributed by atoms with van der Waals surface area (Å²) in [4.78, 5) is 24.9. The lowest BCUT2D eigenvalue weighted by Gasteiger charge is -2.29. The third-order valence-corrected chi connectivity index (χ3v) is 5.01. The van der Waals surface area contributed by atoms with Gasteiger partial charge in [-0.05, 0) is 50.9 Å². The molecule has 1 fully saturated rings. The number of rotatable bonds is 10. The number of carbonyl (C=O) groups is 2. The van der Waals surface area contributed by atoms with Gasteiger partial charge in [0.25, 0.3) is 0 Å². The van der Waals surface area contributed by atoms with Crippen molar-refractivity contribution in [3.8, 4) is 0 Å². The summed E-state index contributed by atoms with van der Waals surface area (Å²) < 4.78 is 5.26. The number of amides is 2. The molecule has 0 aliphatic heterocycles. The molecule has 1 rings (SSSR count). The zero-order chi connectivity index (χ0) is 17.9. The van der Waals surface area contributed by atoms with Crippen LogP contribution in [0.3, 0.4) is 0 Å². The van der Waals surface area contributed by atoms with Crippen LogP contribution in [-0.2, 0) is 14.3 Å². The van der Waals surface area contributed by atoms with Crippen LogP contribution in [0.4, 0.5) is 0 Å². The van der Waals surface area contributed by atoms with E-state index in [2.05, 4.69) is 17.6 Å². The molecular formula is C19H36N2O3. The number of carbonyl (C=O) groups excluding carboxylic acids is 2. The maximum absolute atomic E-state index is 12.5. The van der Waals surface area contributed by atoms with Crippen LogP contribution in [0.1, 0.15) is 66.2 Å². The minimum absolute atomic E-state index is 0.0488. The largest absolute Gasteiger partial charge is 0.382 e. The van der Waals surface area contributed by atoms with Crippen molar-refractivity contribution in [1.29, 1.82) is 0 Å². The van der Waals surface area contributed by atoms with Crippen molar-refractivity contribution in [2.45, 2.75) is 72.3 Å². The molecular weight excluding hydrogens is 304 g/mol. The van der Waals surface area contributed by atoms with E-state index >= 15 is 0 Å². The molecule has 0 aromatic carbocycles. The van der Waals surface area contributed by atoms with E-state index < -0.39 is 6.04 Å². The van der Waals surface area contributed by atoms with Gasteiger partial charge in [-0.1, -0.05) is 27.2 Å². The second kappa shape index (κ2) is 11.5. The van der Waals surface area contributed by atoms with Crippen LogP contribution < -0.4 is 10.6 Å². The third-order valence-electron chi connectivity index (χ3n) is 5.01. The van der Waals surface area contributed by atoms with Gasteiger partial charge in [0.15, 0.2) is 0 Å². The molecule has 2 amide bonds. The molecule has 0 saturated heterocycles.